The molecule has 0 aliphatic rings. The first-order chi connectivity index (χ1) is 12.5. The summed E-state index contributed by atoms with van der Waals surface area (Å²) >= 11 is 3.02. The number of nitrogens with zero attached hydrogens (tertiary/aromatic N) is 5. The second-order valence-electron chi connectivity index (χ2n) is 5.83. The van der Waals surface area contributed by atoms with E-state index < -0.39 is 0 Å². The lowest BCUT2D eigenvalue weighted by molar-refractivity contribution is 0.883. The molecule has 8 nitrogen and oxygen atoms in total. The van der Waals surface area contributed by atoms with Crippen LogP contribution in [0, 0.1) is 6.92 Å². The van der Waals surface area contributed by atoms with Gasteiger partial charge in [-0.3, -0.25) is 0 Å². The van der Waals surface area contributed by atoms with Gasteiger partial charge in [0.05, 0.1) is 5.75 Å². The lowest BCUT2D eigenvalue weighted by Gasteiger charge is -2.09. The Kier molecular flexibility index (Phi) is 5.84. The van der Waals surface area contributed by atoms with E-state index in [0.29, 0.717) is 23.6 Å². The fourth-order valence-corrected chi connectivity index (χ4v) is 3.84. The zero-order valence-electron chi connectivity index (χ0n) is 14.7. The Morgan fingerprint density at radius 2 is 1.96 bits per heavy atom. The number of hydrogen-bond acceptors (Lipinski definition) is 10. The summed E-state index contributed by atoms with van der Waals surface area (Å²) in [6.07, 6.45) is 0. The number of para-hydroxylation sites is 1. The molecule has 0 aliphatic heterocycles. The van der Waals surface area contributed by atoms with Crippen LogP contribution < -0.4 is 16.4 Å². The maximum absolute atomic E-state index is 5.83. The molecule has 0 radical (unpaired) electrons. The highest BCUT2D eigenvalue weighted by molar-refractivity contribution is 8.00. The molecule has 0 fully saturated rings. The first-order valence-electron chi connectivity index (χ1n) is 8.05. The van der Waals surface area contributed by atoms with Gasteiger partial charge in [-0.25, -0.2) is 0 Å². The third-order valence-electron chi connectivity index (χ3n) is 3.23. The average Bonchev–Trinajstić information content (AvgIpc) is 3.01. The van der Waals surface area contributed by atoms with Gasteiger partial charge in [0.2, 0.25) is 17.0 Å². The zero-order chi connectivity index (χ0) is 18.5. The Morgan fingerprint density at radius 3 is 2.73 bits per heavy atom. The summed E-state index contributed by atoms with van der Waals surface area (Å²) < 4.78 is 0.848. The minimum atomic E-state index is 0.186. The minimum absolute atomic E-state index is 0.186. The van der Waals surface area contributed by atoms with Gasteiger partial charge in [0, 0.05) is 11.7 Å². The second kappa shape index (κ2) is 8.28. The molecular formula is C16H20N8S2. The number of aryl methyl sites for hydroxylation is 1. The quantitative estimate of drug-likeness (QED) is 0.523. The molecule has 0 saturated carbocycles. The number of thioether (sulfide) groups is 1. The SMILES string of the molecule is Cc1ccccc1Nc1nc(N)nc(CSc2nnc(NC(C)C)s2)n1. The monoisotopic (exact) mass is 388 g/mol. The van der Waals surface area contributed by atoms with Gasteiger partial charge in [-0.2, -0.15) is 15.0 Å². The topological polar surface area (TPSA) is 115 Å². The van der Waals surface area contributed by atoms with Crippen LogP contribution in [0.2, 0.25) is 0 Å². The fraction of sp³-hybridized carbons (Fsp3) is 0.312. The van der Waals surface area contributed by atoms with Crippen molar-refractivity contribution in [1.82, 2.24) is 25.1 Å². The summed E-state index contributed by atoms with van der Waals surface area (Å²) in [7, 11) is 0. The lowest BCUT2D eigenvalue weighted by atomic mass is 10.2. The van der Waals surface area contributed by atoms with E-state index in [1.54, 1.807) is 0 Å². The van der Waals surface area contributed by atoms with Gasteiger partial charge in [0.1, 0.15) is 5.82 Å². The van der Waals surface area contributed by atoms with Crippen LogP contribution in [0.25, 0.3) is 0 Å². The van der Waals surface area contributed by atoms with Crippen molar-refractivity contribution in [2.45, 2.75) is 36.9 Å². The zero-order valence-corrected chi connectivity index (χ0v) is 16.4. The number of rotatable bonds is 7. The summed E-state index contributed by atoms with van der Waals surface area (Å²) in [6, 6.07) is 8.24. The van der Waals surface area contributed by atoms with Crippen LogP contribution >= 0.6 is 23.1 Å². The molecule has 3 rings (SSSR count). The Bertz CT molecular complexity index is 880. The Hall–Kier alpha value is -2.46. The van der Waals surface area contributed by atoms with Crippen molar-refractivity contribution in [3.05, 3.63) is 35.7 Å². The van der Waals surface area contributed by atoms with Crippen LogP contribution in [0.1, 0.15) is 25.2 Å². The largest absolute Gasteiger partial charge is 0.368 e. The van der Waals surface area contributed by atoms with Gasteiger partial charge in [0.15, 0.2) is 4.34 Å². The molecule has 0 saturated heterocycles. The average molecular weight is 389 g/mol. The smallest absolute Gasteiger partial charge is 0.232 e. The number of aromatic nitrogens is 5. The van der Waals surface area contributed by atoms with Gasteiger partial charge < -0.3 is 16.4 Å². The van der Waals surface area contributed by atoms with Crippen molar-refractivity contribution >= 4 is 45.8 Å². The maximum Gasteiger partial charge on any atom is 0.232 e. The summed E-state index contributed by atoms with van der Waals surface area (Å²) in [5, 5.41) is 15.5. The number of benzene rings is 1. The summed E-state index contributed by atoms with van der Waals surface area (Å²) in [6.45, 7) is 6.14. The van der Waals surface area contributed by atoms with Crippen molar-refractivity contribution in [3.8, 4) is 0 Å². The number of nitrogen functional groups attached to an aromatic ring is 1. The first-order valence-corrected chi connectivity index (χ1v) is 9.85. The number of nitrogens with one attached hydrogen (secondary N) is 2. The molecule has 0 aliphatic carbocycles. The molecule has 0 spiro atoms. The van der Waals surface area contributed by atoms with Gasteiger partial charge in [-0.15, -0.1) is 10.2 Å². The molecule has 0 atom stereocenters. The minimum Gasteiger partial charge on any atom is -0.368 e. The molecule has 136 valence electrons. The molecule has 26 heavy (non-hydrogen) atoms. The molecule has 0 bridgehead atoms. The van der Waals surface area contributed by atoms with Gasteiger partial charge in [-0.05, 0) is 32.4 Å². The number of nitrogens with two attached hydrogens (primary N) is 1. The predicted molar refractivity (Wildman–Crippen MR) is 107 cm³/mol. The highest BCUT2D eigenvalue weighted by Crippen LogP contribution is 2.28. The summed E-state index contributed by atoms with van der Waals surface area (Å²) in [4.78, 5) is 12.8. The first kappa shape index (κ1) is 18.3. The molecule has 0 amide bonds. The fourth-order valence-electron chi connectivity index (χ4n) is 2.09. The predicted octanol–water partition coefficient (Wildman–Crippen LogP) is 3.47. The van der Waals surface area contributed by atoms with Crippen molar-refractivity contribution in [2.75, 3.05) is 16.4 Å². The van der Waals surface area contributed by atoms with Crippen LogP contribution in [-0.4, -0.2) is 31.2 Å². The van der Waals surface area contributed by atoms with Gasteiger partial charge in [-0.1, -0.05) is 41.3 Å². The normalized spacial score (nSPS) is 10.9. The van der Waals surface area contributed by atoms with Crippen LogP contribution in [0.15, 0.2) is 28.6 Å². The van der Waals surface area contributed by atoms with Crippen molar-refractivity contribution in [1.29, 1.82) is 0 Å². The van der Waals surface area contributed by atoms with E-state index in [1.165, 1.54) is 23.1 Å². The van der Waals surface area contributed by atoms with E-state index in [2.05, 4.69) is 49.6 Å². The lowest BCUT2D eigenvalue weighted by Crippen LogP contribution is -2.08. The van der Waals surface area contributed by atoms with E-state index >= 15 is 0 Å². The molecule has 2 heterocycles. The van der Waals surface area contributed by atoms with Crippen molar-refractivity contribution in [3.63, 3.8) is 0 Å². The molecule has 2 aromatic heterocycles. The van der Waals surface area contributed by atoms with E-state index in [1.807, 2.05) is 31.2 Å². The third kappa shape index (κ3) is 5.02. The standard InChI is InChI=1S/C16H20N8S2/c1-9(2)18-15-23-24-16(26-15)25-8-12-20-13(17)22-14(21-12)19-11-7-5-4-6-10(11)3/h4-7,9H,8H2,1-3H3,(H,18,23)(H3,17,19,20,21,22). The van der Waals surface area contributed by atoms with E-state index in [9.17, 15) is 0 Å². The Morgan fingerprint density at radius 1 is 1.15 bits per heavy atom. The van der Waals surface area contributed by atoms with Crippen LogP contribution in [0.3, 0.4) is 0 Å². The molecule has 4 N–H and O–H groups in total. The summed E-state index contributed by atoms with van der Waals surface area (Å²) in [5.74, 6) is 1.74. The third-order valence-corrected chi connectivity index (χ3v) is 5.22. The van der Waals surface area contributed by atoms with Crippen molar-refractivity contribution < 1.29 is 0 Å². The second-order valence-corrected chi connectivity index (χ2v) is 8.03. The highest BCUT2D eigenvalue weighted by atomic mass is 32.2. The Balaban J connectivity index is 1.68. The van der Waals surface area contributed by atoms with Crippen LogP contribution in [-0.2, 0) is 5.75 Å². The van der Waals surface area contributed by atoms with Gasteiger partial charge >= 0.3 is 0 Å². The molecule has 1 aromatic carbocycles. The molecule has 10 heteroatoms. The molecular weight excluding hydrogens is 368 g/mol. The van der Waals surface area contributed by atoms with Crippen molar-refractivity contribution in [2.24, 2.45) is 0 Å². The van der Waals surface area contributed by atoms with Crippen LogP contribution in [0.5, 0.6) is 0 Å². The maximum atomic E-state index is 5.83. The summed E-state index contributed by atoms with van der Waals surface area (Å²) in [5.41, 5.74) is 7.87. The van der Waals surface area contributed by atoms with E-state index in [0.717, 1.165) is 20.7 Å². The Labute approximate surface area is 160 Å². The molecule has 0 unspecified atom stereocenters. The highest BCUT2D eigenvalue weighted by Gasteiger charge is 2.10. The van der Waals surface area contributed by atoms with E-state index in [4.69, 9.17) is 5.73 Å². The van der Waals surface area contributed by atoms with Gasteiger partial charge in [0.25, 0.3) is 0 Å². The molecule has 3 aromatic rings. The number of hydrogen-bond donors (Lipinski definition) is 3. The van der Waals surface area contributed by atoms with Crippen LogP contribution in [0.4, 0.5) is 22.7 Å². The van der Waals surface area contributed by atoms with E-state index in [-0.39, 0.29) is 5.95 Å². The number of anilines is 4.